The van der Waals surface area contributed by atoms with Gasteiger partial charge in [-0.3, -0.25) is 0 Å². The van der Waals surface area contributed by atoms with Crippen LogP contribution in [0.15, 0.2) is 65.9 Å². The molecule has 0 aliphatic carbocycles. The summed E-state index contributed by atoms with van der Waals surface area (Å²) < 4.78 is 13.5. The molecule has 1 aliphatic heterocycles. The molecular weight excluding hydrogens is 402 g/mol. The first-order chi connectivity index (χ1) is 15.7. The van der Waals surface area contributed by atoms with Gasteiger partial charge < -0.3 is 20.1 Å². The maximum Gasteiger partial charge on any atom is 0.191 e. The summed E-state index contributed by atoms with van der Waals surface area (Å²) in [7, 11) is 0. The highest BCUT2D eigenvalue weighted by atomic mass is 16.5. The van der Waals surface area contributed by atoms with Crippen molar-refractivity contribution in [2.45, 2.75) is 39.5 Å². The van der Waals surface area contributed by atoms with E-state index >= 15 is 0 Å². The Morgan fingerprint density at radius 3 is 2.81 bits per heavy atom. The van der Waals surface area contributed by atoms with Crippen LogP contribution in [0.3, 0.4) is 0 Å². The minimum atomic E-state index is 0.127. The molecular formula is C25H31N5O2. The van der Waals surface area contributed by atoms with Gasteiger partial charge in [0, 0.05) is 37.5 Å². The summed E-state index contributed by atoms with van der Waals surface area (Å²) in [4.78, 5) is 4.75. The fraction of sp³-hybridized carbons (Fsp3) is 0.360. The second kappa shape index (κ2) is 10.8. The highest BCUT2D eigenvalue weighted by Gasteiger charge is 2.18. The van der Waals surface area contributed by atoms with Crippen LogP contribution in [-0.2, 0) is 17.8 Å². The topological polar surface area (TPSA) is 72.7 Å². The Morgan fingerprint density at radius 1 is 1.22 bits per heavy atom. The molecule has 0 spiro atoms. The number of nitrogens with one attached hydrogen (secondary N) is 2. The number of guanidine groups is 1. The summed E-state index contributed by atoms with van der Waals surface area (Å²) in [6, 6.07) is 16.5. The van der Waals surface area contributed by atoms with Crippen LogP contribution < -0.4 is 15.4 Å². The highest BCUT2D eigenvalue weighted by molar-refractivity contribution is 5.79. The predicted molar refractivity (Wildman–Crippen MR) is 126 cm³/mol. The van der Waals surface area contributed by atoms with Crippen LogP contribution in [0, 0.1) is 6.92 Å². The highest BCUT2D eigenvalue weighted by Crippen LogP contribution is 2.23. The number of rotatable bonds is 8. The summed E-state index contributed by atoms with van der Waals surface area (Å²) in [5, 5.41) is 11.0. The van der Waals surface area contributed by atoms with Gasteiger partial charge >= 0.3 is 0 Å². The molecule has 2 heterocycles. The lowest BCUT2D eigenvalue weighted by atomic mass is 10.1. The molecule has 1 saturated heterocycles. The maximum absolute atomic E-state index is 6.22. The van der Waals surface area contributed by atoms with Crippen LogP contribution in [0.2, 0.25) is 0 Å². The number of aryl methyl sites for hydroxylation is 1. The molecule has 3 aromatic rings. The Kier molecular flexibility index (Phi) is 7.40. The van der Waals surface area contributed by atoms with Gasteiger partial charge in [0.1, 0.15) is 11.9 Å². The van der Waals surface area contributed by atoms with Gasteiger partial charge in [-0.15, -0.1) is 0 Å². The zero-order chi connectivity index (χ0) is 22.2. The van der Waals surface area contributed by atoms with Crippen molar-refractivity contribution in [3.8, 4) is 11.4 Å². The fourth-order valence-electron chi connectivity index (χ4n) is 3.57. The zero-order valence-electron chi connectivity index (χ0n) is 18.8. The van der Waals surface area contributed by atoms with Gasteiger partial charge in [0.2, 0.25) is 0 Å². The molecule has 4 rings (SSSR count). The fourth-order valence-corrected chi connectivity index (χ4v) is 3.57. The number of aliphatic imine (C=N–C) groups is 1. The quantitative estimate of drug-likeness (QED) is 0.419. The minimum absolute atomic E-state index is 0.127. The van der Waals surface area contributed by atoms with E-state index in [-0.39, 0.29) is 6.10 Å². The summed E-state index contributed by atoms with van der Waals surface area (Å²) in [5.74, 6) is 1.69. The molecule has 32 heavy (non-hydrogen) atoms. The van der Waals surface area contributed by atoms with Crippen molar-refractivity contribution in [3.05, 3.63) is 77.6 Å². The second-order valence-electron chi connectivity index (χ2n) is 7.88. The van der Waals surface area contributed by atoms with Gasteiger partial charge in [-0.25, -0.2) is 9.67 Å². The first kappa shape index (κ1) is 21.9. The van der Waals surface area contributed by atoms with E-state index in [1.54, 1.807) is 6.20 Å². The van der Waals surface area contributed by atoms with E-state index in [9.17, 15) is 0 Å². The van der Waals surface area contributed by atoms with Crippen LogP contribution in [0.25, 0.3) is 5.69 Å². The Morgan fingerprint density at radius 2 is 2.09 bits per heavy atom. The predicted octanol–water partition coefficient (Wildman–Crippen LogP) is 3.60. The number of hydrogen-bond acceptors (Lipinski definition) is 4. The van der Waals surface area contributed by atoms with Crippen LogP contribution in [0.4, 0.5) is 0 Å². The van der Waals surface area contributed by atoms with E-state index < -0.39 is 0 Å². The third-order valence-electron chi connectivity index (χ3n) is 5.32. The molecule has 0 radical (unpaired) electrons. The third-order valence-corrected chi connectivity index (χ3v) is 5.32. The standard InChI is InChI=1S/C25H31N5O2/c1-3-26-25(27-16-20-6-9-22(10-7-20)30-13-4-12-29-30)28-17-21-8-5-19(2)15-24(21)32-23-11-14-31-18-23/h4-10,12-13,15,23H,3,11,14,16-18H2,1-2H3,(H2,26,27,28). The lowest BCUT2D eigenvalue weighted by molar-refractivity contribution is 0.140. The Hall–Kier alpha value is -3.32. The van der Waals surface area contributed by atoms with Gasteiger partial charge in [0.25, 0.3) is 0 Å². The summed E-state index contributed by atoms with van der Waals surface area (Å²) >= 11 is 0. The van der Waals surface area contributed by atoms with Crippen LogP contribution in [0.1, 0.15) is 30.0 Å². The molecule has 1 unspecified atom stereocenters. The van der Waals surface area contributed by atoms with E-state index in [1.807, 2.05) is 16.9 Å². The van der Waals surface area contributed by atoms with Gasteiger partial charge in [0.05, 0.1) is 25.4 Å². The second-order valence-corrected chi connectivity index (χ2v) is 7.88. The first-order valence-electron chi connectivity index (χ1n) is 11.2. The van der Waals surface area contributed by atoms with Crippen molar-refractivity contribution in [2.75, 3.05) is 19.8 Å². The first-order valence-corrected chi connectivity index (χ1v) is 11.2. The number of benzene rings is 2. The molecule has 2 aromatic carbocycles. The lowest BCUT2D eigenvalue weighted by Gasteiger charge is -2.18. The molecule has 168 valence electrons. The van der Waals surface area contributed by atoms with Crippen molar-refractivity contribution in [1.29, 1.82) is 0 Å². The van der Waals surface area contributed by atoms with Gasteiger partial charge in [-0.2, -0.15) is 5.10 Å². The molecule has 2 N–H and O–H groups in total. The van der Waals surface area contributed by atoms with E-state index in [1.165, 1.54) is 5.56 Å². The SMILES string of the molecule is CCNC(=NCc1ccc(-n2cccn2)cc1)NCc1ccc(C)cc1OC1CCOC1. The van der Waals surface area contributed by atoms with Crippen LogP contribution >= 0.6 is 0 Å². The van der Waals surface area contributed by atoms with E-state index in [4.69, 9.17) is 14.5 Å². The molecule has 0 amide bonds. The van der Waals surface area contributed by atoms with E-state index in [0.29, 0.717) is 19.7 Å². The third kappa shape index (κ3) is 5.88. The molecule has 0 bridgehead atoms. The number of ether oxygens (including phenoxy) is 2. The average molecular weight is 434 g/mol. The molecule has 7 heteroatoms. The molecule has 1 fully saturated rings. The normalized spacial score (nSPS) is 16.2. The Labute approximate surface area is 189 Å². The van der Waals surface area contributed by atoms with Gasteiger partial charge in [-0.05, 0) is 49.2 Å². The number of nitrogens with zero attached hydrogens (tertiary/aromatic N) is 3. The largest absolute Gasteiger partial charge is 0.488 e. The summed E-state index contributed by atoms with van der Waals surface area (Å²) in [5.41, 5.74) is 4.46. The van der Waals surface area contributed by atoms with Gasteiger partial charge in [0.15, 0.2) is 5.96 Å². The van der Waals surface area contributed by atoms with E-state index in [2.05, 4.69) is 72.0 Å². The number of aromatic nitrogens is 2. The van der Waals surface area contributed by atoms with Gasteiger partial charge in [-0.1, -0.05) is 24.3 Å². The molecule has 1 aromatic heterocycles. The summed E-state index contributed by atoms with van der Waals surface area (Å²) in [6.07, 6.45) is 4.77. The minimum Gasteiger partial charge on any atom is -0.488 e. The van der Waals surface area contributed by atoms with Crippen molar-refractivity contribution in [2.24, 2.45) is 4.99 Å². The lowest BCUT2D eigenvalue weighted by Crippen LogP contribution is -2.37. The van der Waals surface area contributed by atoms with Crippen molar-refractivity contribution in [1.82, 2.24) is 20.4 Å². The molecule has 0 saturated carbocycles. The Balaban J connectivity index is 1.39. The average Bonchev–Trinajstić information content (AvgIpc) is 3.52. The molecule has 1 atom stereocenters. The summed E-state index contributed by atoms with van der Waals surface area (Å²) in [6.45, 7) is 7.59. The van der Waals surface area contributed by atoms with Crippen LogP contribution in [-0.4, -0.2) is 41.6 Å². The Bertz CT molecular complexity index is 1010. The van der Waals surface area contributed by atoms with E-state index in [0.717, 1.165) is 48.1 Å². The monoisotopic (exact) mass is 433 g/mol. The van der Waals surface area contributed by atoms with Crippen molar-refractivity contribution >= 4 is 5.96 Å². The molecule has 1 aliphatic rings. The maximum atomic E-state index is 6.22. The van der Waals surface area contributed by atoms with Crippen molar-refractivity contribution < 1.29 is 9.47 Å². The number of hydrogen-bond donors (Lipinski definition) is 2. The van der Waals surface area contributed by atoms with Crippen LogP contribution in [0.5, 0.6) is 5.75 Å². The smallest absolute Gasteiger partial charge is 0.191 e. The van der Waals surface area contributed by atoms with Crippen molar-refractivity contribution in [3.63, 3.8) is 0 Å². The zero-order valence-corrected chi connectivity index (χ0v) is 18.8. The molecule has 7 nitrogen and oxygen atoms in total.